The summed E-state index contributed by atoms with van der Waals surface area (Å²) in [5.74, 6) is -0.774. The normalized spacial score (nSPS) is 11.1. The first-order chi connectivity index (χ1) is 10.0. The number of thiazole rings is 1. The Morgan fingerprint density at radius 1 is 1.38 bits per heavy atom. The van der Waals surface area contributed by atoms with Gasteiger partial charge in [-0.15, -0.1) is 11.3 Å². The summed E-state index contributed by atoms with van der Waals surface area (Å²) in [7, 11) is 0. The minimum absolute atomic E-state index is 0.142. The summed E-state index contributed by atoms with van der Waals surface area (Å²) in [5.41, 5.74) is 5.48. The molecule has 0 spiro atoms. The number of hydrogen-bond acceptors (Lipinski definition) is 3. The Balaban J connectivity index is 2.01. The van der Waals surface area contributed by atoms with Gasteiger partial charge in [-0.05, 0) is 31.9 Å². The van der Waals surface area contributed by atoms with E-state index in [4.69, 9.17) is 5.11 Å². The van der Waals surface area contributed by atoms with Gasteiger partial charge in [0, 0.05) is 22.8 Å². The fourth-order valence-corrected chi connectivity index (χ4v) is 3.29. The van der Waals surface area contributed by atoms with Crippen LogP contribution in [-0.2, 0) is 11.2 Å². The quantitative estimate of drug-likeness (QED) is 0.799. The van der Waals surface area contributed by atoms with Crippen molar-refractivity contribution in [1.82, 2.24) is 9.38 Å². The third-order valence-corrected chi connectivity index (χ3v) is 4.44. The van der Waals surface area contributed by atoms with Crippen LogP contribution < -0.4 is 0 Å². The molecule has 108 valence electrons. The molecule has 2 heterocycles. The number of carboxylic acids is 1. The fourth-order valence-electron chi connectivity index (χ4n) is 2.39. The van der Waals surface area contributed by atoms with Crippen LogP contribution in [0, 0.1) is 13.8 Å². The van der Waals surface area contributed by atoms with E-state index >= 15 is 0 Å². The monoisotopic (exact) mass is 300 g/mol. The third kappa shape index (κ3) is 2.69. The fraction of sp³-hybridized carbons (Fsp3) is 0.250. The van der Waals surface area contributed by atoms with Crippen molar-refractivity contribution in [3.63, 3.8) is 0 Å². The molecular formula is C16H16N2O2S. The van der Waals surface area contributed by atoms with Crippen LogP contribution in [0.15, 0.2) is 29.8 Å². The van der Waals surface area contributed by atoms with Crippen molar-refractivity contribution in [3.8, 4) is 11.3 Å². The number of aliphatic carboxylic acids is 1. The third-order valence-electron chi connectivity index (χ3n) is 3.55. The van der Waals surface area contributed by atoms with Gasteiger partial charge in [-0.25, -0.2) is 4.98 Å². The Morgan fingerprint density at radius 3 is 2.95 bits per heavy atom. The largest absolute Gasteiger partial charge is 0.481 e. The van der Waals surface area contributed by atoms with E-state index in [-0.39, 0.29) is 6.42 Å². The molecule has 0 atom stereocenters. The van der Waals surface area contributed by atoms with E-state index in [1.165, 1.54) is 11.1 Å². The molecule has 0 fully saturated rings. The highest BCUT2D eigenvalue weighted by Gasteiger charge is 2.12. The Bertz CT molecular complexity index is 817. The molecule has 1 aromatic carbocycles. The summed E-state index contributed by atoms with van der Waals surface area (Å²) in [6.07, 6.45) is 2.67. The molecule has 0 aliphatic rings. The van der Waals surface area contributed by atoms with E-state index in [9.17, 15) is 4.79 Å². The van der Waals surface area contributed by atoms with Gasteiger partial charge in [0.2, 0.25) is 0 Å². The van der Waals surface area contributed by atoms with E-state index in [2.05, 4.69) is 37.0 Å². The first kappa shape index (κ1) is 13.8. The first-order valence-electron chi connectivity index (χ1n) is 6.79. The second-order valence-electron chi connectivity index (χ2n) is 5.22. The van der Waals surface area contributed by atoms with E-state index in [1.54, 1.807) is 11.3 Å². The second-order valence-corrected chi connectivity index (χ2v) is 6.05. The number of aryl methyl sites for hydroxylation is 3. The van der Waals surface area contributed by atoms with Crippen molar-refractivity contribution in [2.75, 3.05) is 0 Å². The van der Waals surface area contributed by atoms with Gasteiger partial charge in [0.1, 0.15) is 0 Å². The van der Waals surface area contributed by atoms with E-state index < -0.39 is 5.97 Å². The number of carboxylic acid groups (broad SMARTS) is 1. The van der Waals surface area contributed by atoms with Crippen molar-refractivity contribution in [3.05, 3.63) is 46.6 Å². The lowest BCUT2D eigenvalue weighted by Gasteiger charge is -2.03. The van der Waals surface area contributed by atoms with Gasteiger partial charge in [-0.3, -0.25) is 9.20 Å². The van der Waals surface area contributed by atoms with Crippen LogP contribution in [0.2, 0.25) is 0 Å². The van der Waals surface area contributed by atoms with Gasteiger partial charge >= 0.3 is 5.97 Å². The molecule has 3 rings (SSSR count). The van der Waals surface area contributed by atoms with Gasteiger partial charge in [0.05, 0.1) is 12.1 Å². The molecule has 0 aliphatic carbocycles. The molecule has 0 unspecified atom stereocenters. The van der Waals surface area contributed by atoms with Gasteiger partial charge in [-0.1, -0.05) is 17.7 Å². The van der Waals surface area contributed by atoms with Gasteiger partial charge < -0.3 is 5.11 Å². The number of imidazole rings is 1. The summed E-state index contributed by atoms with van der Waals surface area (Å²) in [6, 6.07) is 6.33. The topological polar surface area (TPSA) is 54.6 Å². The minimum Gasteiger partial charge on any atom is -0.481 e. The minimum atomic E-state index is -0.774. The van der Waals surface area contributed by atoms with Crippen molar-refractivity contribution >= 4 is 22.3 Å². The zero-order valence-electron chi connectivity index (χ0n) is 12.0. The van der Waals surface area contributed by atoms with E-state index in [1.807, 2.05) is 16.0 Å². The molecule has 0 aliphatic heterocycles. The highest BCUT2D eigenvalue weighted by molar-refractivity contribution is 7.15. The number of carbonyl (C=O) groups is 1. The van der Waals surface area contributed by atoms with Crippen molar-refractivity contribution in [2.24, 2.45) is 0 Å². The maximum absolute atomic E-state index is 10.7. The summed E-state index contributed by atoms with van der Waals surface area (Å²) in [5, 5.41) is 10.8. The van der Waals surface area contributed by atoms with Crippen LogP contribution >= 0.6 is 11.3 Å². The molecule has 0 bridgehead atoms. The van der Waals surface area contributed by atoms with Crippen LogP contribution in [0.5, 0.6) is 0 Å². The molecule has 0 saturated heterocycles. The molecule has 0 radical (unpaired) electrons. The van der Waals surface area contributed by atoms with Crippen LogP contribution in [0.1, 0.15) is 23.2 Å². The maximum atomic E-state index is 10.7. The average molecular weight is 300 g/mol. The lowest BCUT2D eigenvalue weighted by Crippen LogP contribution is -1.99. The molecule has 0 saturated carbocycles. The van der Waals surface area contributed by atoms with Gasteiger partial charge in [0.25, 0.3) is 0 Å². The Hall–Kier alpha value is -2.14. The predicted molar refractivity (Wildman–Crippen MR) is 83.9 cm³/mol. The first-order valence-corrected chi connectivity index (χ1v) is 7.67. The zero-order chi connectivity index (χ0) is 15.0. The number of nitrogens with zero attached hydrogens (tertiary/aromatic N) is 2. The van der Waals surface area contributed by atoms with Gasteiger partial charge in [-0.2, -0.15) is 0 Å². The van der Waals surface area contributed by atoms with Crippen molar-refractivity contribution < 1.29 is 9.90 Å². The average Bonchev–Trinajstić information content (AvgIpc) is 2.99. The smallest absolute Gasteiger partial charge is 0.303 e. The maximum Gasteiger partial charge on any atom is 0.303 e. The molecule has 1 N–H and O–H groups in total. The van der Waals surface area contributed by atoms with Gasteiger partial charge in [0.15, 0.2) is 4.96 Å². The molecule has 4 nitrogen and oxygen atoms in total. The number of rotatable bonds is 4. The summed E-state index contributed by atoms with van der Waals surface area (Å²) >= 11 is 1.55. The molecule has 2 aromatic heterocycles. The molecular weight excluding hydrogens is 284 g/mol. The van der Waals surface area contributed by atoms with E-state index in [0.717, 1.165) is 21.9 Å². The van der Waals surface area contributed by atoms with Crippen molar-refractivity contribution in [2.45, 2.75) is 26.7 Å². The second kappa shape index (κ2) is 5.33. The lowest BCUT2D eigenvalue weighted by atomic mass is 10.0. The highest BCUT2D eigenvalue weighted by atomic mass is 32.1. The number of benzene rings is 1. The Kier molecular flexibility index (Phi) is 3.51. The summed E-state index contributed by atoms with van der Waals surface area (Å²) in [6.45, 7) is 4.15. The summed E-state index contributed by atoms with van der Waals surface area (Å²) < 4.78 is 2.00. The molecule has 21 heavy (non-hydrogen) atoms. The Labute approximate surface area is 126 Å². The van der Waals surface area contributed by atoms with Crippen LogP contribution in [-0.4, -0.2) is 20.5 Å². The molecule has 3 aromatic rings. The number of aromatic nitrogens is 2. The molecule has 5 heteroatoms. The summed E-state index contributed by atoms with van der Waals surface area (Å²) in [4.78, 5) is 16.3. The highest BCUT2D eigenvalue weighted by Crippen LogP contribution is 2.27. The number of fused-ring (bicyclic) bond motifs is 1. The van der Waals surface area contributed by atoms with Crippen LogP contribution in [0.4, 0.5) is 0 Å². The standard InChI is InChI=1S/C16H16N2O2S/c1-10-3-4-11(2)13(7-10)14-8-18-12(5-6-15(19)20)9-21-16(18)17-14/h3-4,7-9H,5-6H2,1-2H3,(H,19,20). The van der Waals surface area contributed by atoms with Crippen LogP contribution in [0.3, 0.4) is 0 Å². The lowest BCUT2D eigenvalue weighted by molar-refractivity contribution is -0.136. The Morgan fingerprint density at radius 2 is 2.19 bits per heavy atom. The molecule has 0 amide bonds. The van der Waals surface area contributed by atoms with E-state index in [0.29, 0.717) is 6.42 Å². The SMILES string of the molecule is Cc1ccc(C)c(-c2cn3c(CCC(=O)O)csc3n2)c1. The zero-order valence-corrected chi connectivity index (χ0v) is 12.8. The number of hydrogen-bond donors (Lipinski definition) is 1. The van der Waals surface area contributed by atoms with Crippen LogP contribution in [0.25, 0.3) is 16.2 Å². The predicted octanol–water partition coefficient (Wildman–Crippen LogP) is 3.70. The van der Waals surface area contributed by atoms with Crippen molar-refractivity contribution in [1.29, 1.82) is 0 Å².